The highest BCUT2D eigenvalue weighted by Gasteiger charge is 2.17. The van der Waals surface area contributed by atoms with Crippen LogP contribution in [0, 0.1) is 11.3 Å². The maximum absolute atomic E-state index is 9.15. The summed E-state index contributed by atoms with van der Waals surface area (Å²) in [6.07, 6.45) is 1.51. The van der Waals surface area contributed by atoms with Crippen molar-refractivity contribution >= 4 is 26.9 Å². The van der Waals surface area contributed by atoms with Crippen LogP contribution in [-0.2, 0) is 0 Å². The van der Waals surface area contributed by atoms with E-state index in [4.69, 9.17) is 19.2 Å². The van der Waals surface area contributed by atoms with Gasteiger partial charge < -0.3 is 13.9 Å². The number of hydrogen-bond donors (Lipinski definition) is 0. The average molecular weight is 346 g/mol. The second-order valence-electron chi connectivity index (χ2n) is 3.98. The molecule has 0 saturated carbocycles. The molecule has 0 spiro atoms. The topological polar surface area (TPSA) is 81.2 Å². The molecule has 3 aromatic rings. The number of methoxy groups -OCH3 is 1. The van der Waals surface area contributed by atoms with Gasteiger partial charge in [-0.1, -0.05) is 12.1 Å². The van der Waals surface area contributed by atoms with Crippen LogP contribution in [0.15, 0.2) is 39.4 Å². The number of benzene rings is 1. The minimum Gasteiger partial charge on any atom is -0.480 e. The third-order valence-electron chi connectivity index (χ3n) is 2.73. The number of para-hydroxylation sites is 1. The van der Waals surface area contributed by atoms with Gasteiger partial charge in [0.05, 0.1) is 23.2 Å². The molecule has 0 saturated heterocycles. The molecule has 1 aromatic carbocycles. The first-order chi connectivity index (χ1) is 10.2. The molecule has 6 nitrogen and oxygen atoms in total. The van der Waals surface area contributed by atoms with Gasteiger partial charge in [0.1, 0.15) is 11.7 Å². The molecule has 0 aliphatic heterocycles. The lowest BCUT2D eigenvalue weighted by Crippen LogP contribution is -1.96. The lowest BCUT2D eigenvalue weighted by Gasteiger charge is -2.05. The summed E-state index contributed by atoms with van der Waals surface area (Å²) in [6.45, 7) is 0. The number of aromatic nitrogens is 2. The molecule has 0 fully saturated rings. The van der Waals surface area contributed by atoms with Crippen LogP contribution in [0.2, 0.25) is 0 Å². The van der Waals surface area contributed by atoms with Gasteiger partial charge in [-0.25, -0.2) is 4.98 Å². The van der Waals surface area contributed by atoms with Crippen molar-refractivity contribution in [3.05, 3.63) is 40.7 Å². The zero-order valence-corrected chi connectivity index (χ0v) is 12.4. The number of fused-ring (bicyclic) bond motifs is 1. The fraction of sp³-hybridized carbons (Fsp3) is 0.0714. The Labute approximate surface area is 128 Å². The number of nitrogens with zero attached hydrogens (tertiary/aromatic N) is 3. The van der Waals surface area contributed by atoms with Crippen LogP contribution in [0.25, 0.3) is 11.0 Å². The highest BCUT2D eigenvalue weighted by Crippen LogP contribution is 2.35. The minimum absolute atomic E-state index is 0.0677. The Morgan fingerprint density at radius 2 is 2.14 bits per heavy atom. The van der Waals surface area contributed by atoms with Gasteiger partial charge in [-0.3, -0.25) is 0 Å². The number of halogens is 1. The summed E-state index contributed by atoms with van der Waals surface area (Å²) in [6, 6.07) is 9.22. The van der Waals surface area contributed by atoms with E-state index < -0.39 is 0 Å². The van der Waals surface area contributed by atoms with Gasteiger partial charge in [0.2, 0.25) is 11.6 Å². The Hall–Kier alpha value is -2.59. The van der Waals surface area contributed by atoms with Crippen LogP contribution < -0.4 is 9.47 Å². The first-order valence-electron chi connectivity index (χ1n) is 5.89. The van der Waals surface area contributed by atoms with Gasteiger partial charge in [-0.2, -0.15) is 10.2 Å². The van der Waals surface area contributed by atoms with Crippen molar-refractivity contribution in [2.45, 2.75) is 0 Å². The molecule has 0 aliphatic rings. The first kappa shape index (κ1) is 13.4. The molecule has 0 radical (unpaired) electrons. The molecule has 0 atom stereocenters. The van der Waals surface area contributed by atoms with Crippen molar-refractivity contribution in [1.82, 2.24) is 9.97 Å². The Morgan fingerprint density at radius 3 is 2.90 bits per heavy atom. The Morgan fingerprint density at radius 1 is 1.33 bits per heavy atom. The third kappa shape index (κ3) is 2.41. The van der Waals surface area contributed by atoms with E-state index in [1.54, 1.807) is 12.1 Å². The van der Waals surface area contributed by atoms with Crippen molar-refractivity contribution in [3.8, 4) is 23.7 Å². The molecule has 2 aromatic heterocycles. The van der Waals surface area contributed by atoms with Crippen LogP contribution >= 0.6 is 15.9 Å². The van der Waals surface area contributed by atoms with E-state index in [1.807, 2.05) is 18.2 Å². The molecule has 0 bridgehead atoms. The number of nitriles is 1. The van der Waals surface area contributed by atoms with Crippen LogP contribution in [0.1, 0.15) is 5.76 Å². The molecular weight excluding hydrogens is 338 g/mol. The second kappa shape index (κ2) is 5.42. The molecule has 2 heterocycles. The molecule has 0 N–H and O–H groups in total. The van der Waals surface area contributed by atoms with E-state index in [9.17, 15) is 0 Å². The summed E-state index contributed by atoms with van der Waals surface area (Å²) in [5.41, 5.74) is 0.563. The largest absolute Gasteiger partial charge is 0.480 e. The number of ether oxygens (including phenoxy) is 2. The first-order valence-corrected chi connectivity index (χ1v) is 6.68. The van der Waals surface area contributed by atoms with Gasteiger partial charge in [0, 0.05) is 0 Å². The Bertz CT molecular complexity index is 854. The van der Waals surface area contributed by atoms with Crippen molar-refractivity contribution in [3.63, 3.8) is 0 Å². The summed E-state index contributed by atoms with van der Waals surface area (Å²) in [5.74, 6) is 0.700. The standard InChI is InChI=1S/C14H8BrN3O3/c1-19-13-9(15)7-17-14(18-13)21-12-8-4-2-3-5-10(8)20-11(12)6-16/h2-5,7H,1H3. The van der Waals surface area contributed by atoms with E-state index in [0.29, 0.717) is 21.3 Å². The van der Waals surface area contributed by atoms with Gasteiger partial charge in [-0.15, -0.1) is 0 Å². The molecule has 21 heavy (non-hydrogen) atoms. The van der Waals surface area contributed by atoms with E-state index in [-0.39, 0.29) is 17.5 Å². The lowest BCUT2D eigenvalue weighted by atomic mass is 10.2. The maximum Gasteiger partial charge on any atom is 0.325 e. The summed E-state index contributed by atoms with van der Waals surface area (Å²) in [5, 5.41) is 9.83. The second-order valence-corrected chi connectivity index (χ2v) is 4.83. The Kier molecular flexibility index (Phi) is 3.46. The zero-order valence-electron chi connectivity index (χ0n) is 10.8. The summed E-state index contributed by atoms with van der Waals surface area (Å²) in [4.78, 5) is 8.13. The van der Waals surface area contributed by atoms with Crippen molar-refractivity contribution in [1.29, 1.82) is 5.26 Å². The highest BCUT2D eigenvalue weighted by molar-refractivity contribution is 9.10. The van der Waals surface area contributed by atoms with E-state index in [1.165, 1.54) is 13.3 Å². The van der Waals surface area contributed by atoms with E-state index in [0.717, 1.165) is 0 Å². The van der Waals surface area contributed by atoms with Crippen molar-refractivity contribution in [2.75, 3.05) is 7.11 Å². The lowest BCUT2D eigenvalue weighted by molar-refractivity contribution is 0.372. The van der Waals surface area contributed by atoms with Crippen molar-refractivity contribution in [2.24, 2.45) is 0 Å². The Balaban J connectivity index is 2.07. The molecule has 0 aliphatic carbocycles. The molecule has 104 valence electrons. The minimum atomic E-state index is 0.0677. The average Bonchev–Trinajstić information content (AvgIpc) is 2.87. The molecule has 0 unspecified atom stereocenters. The number of furan rings is 1. The maximum atomic E-state index is 9.15. The fourth-order valence-corrected chi connectivity index (χ4v) is 2.17. The van der Waals surface area contributed by atoms with Crippen LogP contribution in [0.5, 0.6) is 17.6 Å². The SMILES string of the molecule is COc1nc(Oc2c(C#N)oc3ccccc23)ncc1Br. The van der Waals surface area contributed by atoms with Crippen LogP contribution in [0.3, 0.4) is 0 Å². The fourth-order valence-electron chi connectivity index (χ4n) is 1.82. The normalized spacial score (nSPS) is 10.3. The van der Waals surface area contributed by atoms with Gasteiger partial charge in [0.15, 0.2) is 5.75 Å². The summed E-state index contributed by atoms with van der Waals surface area (Å²) < 4.78 is 16.7. The van der Waals surface area contributed by atoms with Crippen molar-refractivity contribution < 1.29 is 13.9 Å². The zero-order chi connectivity index (χ0) is 14.8. The number of hydrogen-bond acceptors (Lipinski definition) is 6. The predicted octanol–water partition coefficient (Wildman–Crippen LogP) is 3.66. The molecule has 0 amide bonds. The van der Waals surface area contributed by atoms with Gasteiger partial charge in [-0.05, 0) is 28.1 Å². The number of rotatable bonds is 3. The summed E-state index contributed by atoms with van der Waals surface area (Å²) >= 11 is 3.26. The smallest absolute Gasteiger partial charge is 0.325 e. The quantitative estimate of drug-likeness (QED) is 0.720. The molecular formula is C14H8BrN3O3. The monoisotopic (exact) mass is 345 g/mol. The van der Waals surface area contributed by atoms with E-state index >= 15 is 0 Å². The van der Waals surface area contributed by atoms with E-state index in [2.05, 4.69) is 25.9 Å². The van der Waals surface area contributed by atoms with Crippen LogP contribution in [0.4, 0.5) is 0 Å². The molecule has 3 rings (SSSR count). The third-order valence-corrected chi connectivity index (χ3v) is 3.27. The predicted molar refractivity (Wildman–Crippen MR) is 77.3 cm³/mol. The van der Waals surface area contributed by atoms with Gasteiger partial charge in [0.25, 0.3) is 0 Å². The molecule has 7 heteroatoms. The highest BCUT2D eigenvalue weighted by atomic mass is 79.9. The van der Waals surface area contributed by atoms with Gasteiger partial charge >= 0.3 is 6.01 Å². The summed E-state index contributed by atoms with van der Waals surface area (Å²) in [7, 11) is 1.49. The van der Waals surface area contributed by atoms with Crippen LogP contribution in [-0.4, -0.2) is 17.1 Å².